The highest BCUT2D eigenvalue weighted by Crippen LogP contribution is 2.26. The van der Waals surface area contributed by atoms with Crippen LogP contribution in [0.25, 0.3) is 10.8 Å². The molecule has 0 aliphatic carbocycles. The Bertz CT molecular complexity index is 1420. The van der Waals surface area contributed by atoms with Crippen molar-refractivity contribution in [3.05, 3.63) is 91.0 Å². The molecule has 200 valence electrons. The summed E-state index contributed by atoms with van der Waals surface area (Å²) in [6.45, 7) is 2.05. The molecule has 2 N–H and O–H groups in total. The average molecular weight is 527 g/mol. The van der Waals surface area contributed by atoms with E-state index in [9.17, 15) is 14.4 Å². The molecule has 0 heterocycles. The van der Waals surface area contributed by atoms with Gasteiger partial charge >= 0.3 is 5.97 Å². The fourth-order valence-corrected chi connectivity index (χ4v) is 3.81. The number of carbonyl (C=O) groups is 3. The van der Waals surface area contributed by atoms with Crippen molar-refractivity contribution < 1.29 is 28.6 Å². The first-order chi connectivity index (χ1) is 19.0. The standard InChI is InChI=1S/C31H30N2O6/c1-2-37-26-16-11-25(12-17-26)33-30(35)21-38-31(36)9-5-8-29(34)32-24-13-18-27(19-14-24)39-28-15-10-22-6-3-4-7-23(22)20-28/h3-4,6-7,10-20H,2,5,8-9,21H2,1H3,(H,32,34)(H,33,35). The van der Waals surface area contributed by atoms with Crippen LogP contribution in [0.1, 0.15) is 26.2 Å². The van der Waals surface area contributed by atoms with Crippen LogP contribution in [0.4, 0.5) is 11.4 Å². The highest BCUT2D eigenvalue weighted by molar-refractivity contribution is 5.93. The molecule has 0 fully saturated rings. The Kier molecular flexibility index (Phi) is 9.50. The fraction of sp³-hybridized carbons (Fsp3) is 0.194. The number of carbonyl (C=O) groups excluding carboxylic acids is 3. The van der Waals surface area contributed by atoms with E-state index < -0.39 is 18.5 Å². The summed E-state index contributed by atoms with van der Waals surface area (Å²) in [7, 11) is 0. The minimum Gasteiger partial charge on any atom is -0.494 e. The lowest BCUT2D eigenvalue weighted by molar-refractivity contribution is -0.147. The summed E-state index contributed by atoms with van der Waals surface area (Å²) in [5, 5.41) is 7.68. The SMILES string of the molecule is CCOc1ccc(NC(=O)COC(=O)CCCC(=O)Nc2ccc(Oc3ccc4ccccc4c3)cc2)cc1. The van der Waals surface area contributed by atoms with Gasteiger partial charge in [0.25, 0.3) is 5.91 Å². The van der Waals surface area contributed by atoms with Gasteiger partial charge in [-0.05, 0) is 84.8 Å². The molecule has 4 rings (SSSR count). The van der Waals surface area contributed by atoms with Crippen LogP contribution < -0.4 is 20.1 Å². The first-order valence-electron chi connectivity index (χ1n) is 12.7. The Morgan fingerprint density at radius 3 is 1.97 bits per heavy atom. The Balaban J connectivity index is 1.13. The summed E-state index contributed by atoms with van der Waals surface area (Å²) in [5.74, 6) is 0.870. The smallest absolute Gasteiger partial charge is 0.306 e. The molecule has 4 aromatic carbocycles. The van der Waals surface area contributed by atoms with Crippen LogP contribution in [0.2, 0.25) is 0 Å². The topological polar surface area (TPSA) is 103 Å². The molecule has 8 heteroatoms. The van der Waals surface area contributed by atoms with E-state index in [4.69, 9.17) is 14.2 Å². The van der Waals surface area contributed by atoms with Gasteiger partial charge in [-0.1, -0.05) is 30.3 Å². The van der Waals surface area contributed by atoms with Crippen molar-refractivity contribution in [2.24, 2.45) is 0 Å². The van der Waals surface area contributed by atoms with Crippen LogP contribution in [0.3, 0.4) is 0 Å². The summed E-state index contributed by atoms with van der Waals surface area (Å²) >= 11 is 0. The Labute approximate surface area is 226 Å². The Morgan fingerprint density at radius 2 is 1.28 bits per heavy atom. The summed E-state index contributed by atoms with van der Waals surface area (Å²) in [4.78, 5) is 36.2. The van der Waals surface area contributed by atoms with Gasteiger partial charge in [0.1, 0.15) is 17.2 Å². The first-order valence-corrected chi connectivity index (χ1v) is 12.7. The second kappa shape index (κ2) is 13.6. The molecule has 39 heavy (non-hydrogen) atoms. The number of hydrogen-bond donors (Lipinski definition) is 2. The molecule has 8 nitrogen and oxygen atoms in total. The molecular weight excluding hydrogens is 496 g/mol. The third kappa shape index (κ3) is 8.60. The van der Waals surface area contributed by atoms with Gasteiger partial charge < -0.3 is 24.8 Å². The van der Waals surface area contributed by atoms with Crippen LogP contribution in [0.5, 0.6) is 17.2 Å². The first kappa shape index (κ1) is 27.2. The Hall–Kier alpha value is -4.85. The van der Waals surface area contributed by atoms with E-state index in [-0.39, 0.29) is 18.7 Å². The number of fused-ring (bicyclic) bond motifs is 1. The van der Waals surface area contributed by atoms with E-state index in [2.05, 4.69) is 10.6 Å². The molecule has 0 atom stereocenters. The van der Waals surface area contributed by atoms with Gasteiger partial charge in [0.2, 0.25) is 5.91 Å². The number of rotatable bonds is 12. The van der Waals surface area contributed by atoms with Gasteiger partial charge in [-0.15, -0.1) is 0 Å². The fourth-order valence-electron chi connectivity index (χ4n) is 3.81. The van der Waals surface area contributed by atoms with Crippen LogP contribution in [0, 0.1) is 0 Å². The minimum atomic E-state index is -0.542. The maximum Gasteiger partial charge on any atom is 0.306 e. The van der Waals surface area contributed by atoms with Crippen molar-refractivity contribution in [2.45, 2.75) is 26.2 Å². The predicted molar refractivity (Wildman–Crippen MR) is 150 cm³/mol. The van der Waals surface area contributed by atoms with E-state index in [1.54, 1.807) is 48.5 Å². The molecule has 0 unspecified atom stereocenters. The van der Waals surface area contributed by atoms with Gasteiger partial charge in [0.05, 0.1) is 6.61 Å². The van der Waals surface area contributed by atoms with Crippen molar-refractivity contribution in [3.8, 4) is 17.2 Å². The maximum atomic E-state index is 12.3. The monoisotopic (exact) mass is 526 g/mol. The molecule has 4 aromatic rings. The van der Waals surface area contributed by atoms with Crippen LogP contribution in [0.15, 0.2) is 91.0 Å². The van der Waals surface area contributed by atoms with Crippen molar-refractivity contribution in [1.82, 2.24) is 0 Å². The Morgan fingerprint density at radius 1 is 0.667 bits per heavy atom. The second-order valence-corrected chi connectivity index (χ2v) is 8.70. The molecule has 2 amide bonds. The number of ether oxygens (including phenoxy) is 3. The molecule has 0 spiro atoms. The van der Waals surface area contributed by atoms with E-state index in [1.165, 1.54) is 0 Å². The van der Waals surface area contributed by atoms with Crippen molar-refractivity contribution in [1.29, 1.82) is 0 Å². The zero-order valence-corrected chi connectivity index (χ0v) is 21.6. The van der Waals surface area contributed by atoms with Gasteiger partial charge in [-0.2, -0.15) is 0 Å². The molecule has 0 aliphatic rings. The zero-order chi connectivity index (χ0) is 27.5. The lowest BCUT2D eigenvalue weighted by Crippen LogP contribution is -2.21. The number of esters is 1. The molecule has 0 saturated carbocycles. The van der Waals surface area contributed by atoms with Crippen LogP contribution in [-0.4, -0.2) is 31.0 Å². The lowest BCUT2D eigenvalue weighted by Gasteiger charge is -2.09. The third-order valence-corrected chi connectivity index (χ3v) is 5.69. The normalized spacial score (nSPS) is 10.5. The number of nitrogens with one attached hydrogen (secondary N) is 2. The maximum absolute atomic E-state index is 12.3. The zero-order valence-electron chi connectivity index (χ0n) is 21.6. The average Bonchev–Trinajstić information content (AvgIpc) is 2.94. The highest BCUT2D eigenvalue weighted by atomic mass is 16.5. The van der Waals surface area contributed by atoms with Crippen molar-refractivity contribution in [3.63, 3.8) is 0 Å². The molecule has 0 saturated heterocycles. The van der Waals surface area contributed by atoms with Crippen molar-refractivity contribution >= 4 is 39.9 Å². The number of benzene rings is 4. The van der Waals surface area contributed by atoms with Crippen molar-refractivity contribution in [2.75, 3.05) is 23.8 Å². The van der Waals surface area contributed by atoms with Crippen LogP contribution in [-0.2, 0) is 19.1 Å². The molecule has 0 aromatic heterocycles. The van der Waals surface area contributed by atoms with Gasteiger partial charge in [0.15, 0.2) is 6.61 Å². The summed E-state index contributed by atoms with van der Waals surface area (Å²) < 4.78 is 16.3. The van der Waals surface area contributed by atoms with Gasteiger partial charge in [-0.3, -0.25) is 14.4 Å². The van der Waals surface area contributed by atoms with Gasteiger partial charge in [-0.25, -0.2) is 0 Å². The van der Waals surface area contributed by atoms with Gasteiger partial charge in [0, 0.05) is 24.2 Å². The molecule has 0 bridgehead atoms. The summed E-state index contributed by atoms with van der Waals surface area (Å²) in [6, 6.07) is 27.9. The largest absolute Gasteiger partial charge is 0.494 e. The second-order valence-electron chi connectivity index (χ2n) is 8.70. The predicted octanol–water partition coefficient (Wildman–Crippen LogP) is 6.32. The molecule has 0 aliphatic heterocycles. The van der Waals surface area contributed by atoms with E-state index in [0.29, 0.717) is 35.9 Å². The van der Waals surface area contributed by atoms with E-state index in [0.717, 1.165) is 16.5 Å². The quantitative estimate of drug-likeness (QED) is 0.209. The summed E-state index contributed by atoms with van der Waals surface area (Å²) in [6.07, 6.45) is 0.472. The number of anilines is 2. The van der Waals surface area contributed by atoms with E-state index >= 15 is 0 Å². The minimum absolute atomic E-state index is 0.0300. The molecule has 0 radical (unpaired) electrons. The summed E-state index contributed by atoms with van der Waals surface area (Å²) in [5.41, 5.74) is 1.20. The molecular formula is C31H30N2O6. The highest BCUT2D eigenvalue weighted by Gasteiger charge is 2.10. The van der Waals surface area contributed by atoms with Crippen LogP contribution >= 0.6 is 0 Å². The third-order valence-electron chi connectivity index (χ3n) is 5.69. The number of amides is 2. The lowest BCUT2D eigenvalue weighted by atomic mass is 10.1. The van der Waals surface area contributed by atoms with E-state index in [1.807, 2.05) is 49.4 Å². The number of hydrogen-bond acceptors (Lipinski definition) is 6.